The summed E-state index contributed by atoms with van der Waals surface area (Å²) in [5.41, 5.74) is -1.38. The molecule has 0 unspecified atom stereocenters. The Morgan fingerprint density at radius 3 is 2.43 bits per heavy atom. The Morgan fingerprint density at radius 2 is 1.86 bits per heavy atom. The van der Waals surface area contributed by atoms with Crippen molar-refractivity contribution in [3.63, 3.8) is 0 Å². The molecule has 2 saturated heterocycles. The first-order chi connectivity index (χ1) is 14.0. The van der Waals surface area contributed by atoms with Crippen molar-refractivity contribution in [1.29, 1.82) is 0 Å². The fourth-order valence-corrected chi connectivity index (χ4v) is 2.60. The van der Waals surface area contributed by atoms with Crippen LogP contribution in [0.15, 0.2) is 6.20 Å². The average molecular weight is 320 g/mol. The molecule has 5 nitrogen and oxygen atoms in total. The predicted molar refractivity (Wildman–Crippen MR) is 87.5 cm³/mol. The summed E-state index contributed by atoms with van der Waals surface area (Å²) < 4.78 is 101. The van der Waals surface area contributed by atoms with Gasteiger partial charge in [-0.15, -0.1) is 11.3 Å². The van der Waals surface area contributed by atoms with Gasteiger partial charge >= 0.3 is 7.12 Å². The van der Waals surface area contributed by atoms with Gasteiger partial charge in [0, 0.05) is 41.8 Å². The molecule has 2 aliphatic rings. The average Bonchev–Trinajstić information content (AvgIpc) is 3.06. The lowest BCUT2D eigenvalue weighted by molar-refractivity contribution is 0.00578. The fourth-order valence-electron chi connectivity index (χ4n) is 1.80. The zero-order valence-electron chi connectivity index (χ0n) is 23.2. The van der Waals surface area contributed by atoms with E-state index in [1.54, 1.807) is 0 Å². The number of likely N-dealkylation sites (N-methyl/N-ethyl adjacent to an activating group) is 1. The first kappa shape index (κ1) is 6.87. The van der Waals surface area contributed by atoms with Crippen molar-refractivity contribution in [1.82, 2.24) is 9.88 Å². The SMILES string of the molecule is [2H]C([2H])([2H])N1C([2H])([2H])C([2H])([2H])N(c2ncc(B3OC(C)(C)C(C)(C)O3)s2)C([2H])([2H])C1([2H])[2H]. The van der Waals surface area contributed by atoms with Gasteiger partial charge in [-0.3, -0.25) is 0 Å². The van der Waals surface area contributed by atoms with Crippen LogP contribution in [0.3, 0.4) is 0 Å². The van der Waals surface area contributed by atoms with Crippen molar-refractivity contribution >= 4 is 28.4 Å². The molecule has 21 heavy (non-hydrogen) atoms. The number of piperazine rings is 1. The van der Waals surface area contributed by atoms with Crippen LogP contribution < -0.4 is 9.68 Å². The minimum atomic E-state index is -3.46. The number of hydrogen-bond acceptors (Lipinski definition) is 6. The molecule has 0 amide bonds. The van der Waals surface area contributed by atoms with E-state index >= 15 is 0 Å². The van der Waals surface area contributed by atoms with Crippen LogP contribution in [0.1, 0.15) is 42.8 Å². The third kappa shape index (κ3) is 2.84. The molecule has 2 fully saturated rings. The number of nitrogens with zero attached hydrogens (tertiary/aromatic N) is 3. The van der Waals surface area contributed by atoms with Crippen LogP contribution in [-0.4, -0.2) is 61.2 Å². The first-order valence-electron chi connectivity index (χ1n) is 11.9. The van der Waals surface area contributed by atoms with E-state index < -0.39 is 51.3 Å². The normalized spacial score (nSPS) is 43.5. The molecule has 3 heterocycles. The second-order valence-corrected chi connectivity index (χ2v) is 6.79. The summed E-state index contributed by atoms with van der Waals surface area (Å²) in [5.74, 6) is 0. The minimum absolute atomic E-state index is 0.224. The Bertz CT molecular complexity index is 861. The zero-order chi connectivity index (χ0) is 24.9. The van der Waals surface area contributed by atoms with Gasteiger partial charge in [-0.2, -0.15) is 0 Å². The fraction of sp³-hybridized carbons (Fsp3) is 0.786. The van der Waals surface area contributed by atoms with E-state index in [1.165, 1.54) is 6.20 Å². The molecular formula is C14H24BN3O2S. The third-order valence-electron chi connectivity index (χ3n) is 3.74. The van der Waals surface area contributed by atoms with Gasteiger partial charge in [0.25, 0.3) is 0 Å². The highest BCUT2D eigenvalue weighted by Crippen LogP contribution is 2.37. The third-order valence-corrected chi connectivity index (χ3v) is 4.74. The Hall–Kier alpha value is -0.625. The lowest BCUT2D eigenvalue weighted by atomic mass is 9.89. The summed E-state index contributed by atoms with van der Waals surface area (Å²) in [6.45, 7) is -9.72. The second kappa shape index (κ2) is 5.23. The van der Waals surface area contributed by atoms with E-state index in [2.05, 4.69) is 4.98 Å². The minimum Gasteiger partial charge on any atom is -0.399 e. The lowest BCUT2D eigenvalue weighted by Gasteiger charge is -2.32. The number of hydrogen-bond donors (Lipinski definition) is 0. The van der Waals surface area contributed by atoms with Gasteiger partial charge in [-0.25, -0.2) is 4.98 Å². The number of rotatable bonds is 2. The summed E-state index contributed by atoms with van der Waals surface area (Å²) >= 11 is 0.745. The zero-order valence-corrected chi connectivity index (χ0v) is 13.0. The number of anilines is 1. The monoisotopic (exact) mass is 320 g/mol. The van der Waals surface area contributed by atoms with Crippen LogP contribution in [0, 0.1) is 0 Å². The van der Waals surface area contributed by atoms with Crippen molar-refractivity contribution < 1.29 is 24.4 Å². The van der Waals surface area contributed by atoms with Gasteiger partial charge in [0.15, 0.2) is 5.13 Å². The number of thiazole rings is 1. The molecule has 0 atom stereocenters. The molecule has 2 aliphatic heterocycles. The molecule has 0 saturated carbocycles. The lowest BCUT2D eigenvalue weighted by Crippen LogP contribution is -2.44. The van der Waals surface area contributed by atoms with Crippen LogP contribution in [0.4, 0.5) is 5.13 Å². The molecule has 1 aromatic rings. The Kier molecular flexibility index (Phi) is 1.71. The molecular weight excluding hydrogens is 285 g/mol. The van der Waals surface area contributed by atoms with E-state index in [4.69, 9.17) is 24.4 Å². The predicted octanol–water partition coefficient (Wildman–Crippen LogP) is 1.19. The summed E-state index contributed by atoms with van der Waals surface area (Å²) in [4.78, 5) is 3.86. The van der Waals surface area contributed by atoms with Gasteiger partial charge in [-0.05, 0) is 34.7 Å². The van der Waals surface area contributed by atoms with Crippen LogP contribution in [-0.2, 0) is 9.31 Å². The quantitative estimate of drug-likeness (QED) is 0.766. The van der Waals surface area contributed by atoms with Crippen molar-refractivity contribution in [3.05, 3.63) is 6.20 Å². The summed E-state index contributed by atoms with van der Waals surface area (Å²) in [5, 5.41) is -0.386. The van der Waals surface area contributed by atoms with Crippen LogP contribution in [0.2, 0.25) is 0 Å². The van der Waals surface area contributed by atoms with Crippen molar-refractivity contribution in [2.45, 2.75) is 38.9 Å². The van der Waals surface area contributed by atoms with Gasteiger partial charge in [-0.1, -0.05) is 0 Å². The van der Waals surface area contributed by atoms with Gasteiger partial charge in [0.05, 0.1) is 21.5 Å². The molecule has 0 aliphatic carbocycles. The molecule has 0 spiro atoms. The van der Waals surface area contributed by atoms with E-state index in [0.717, 1.165) is 11.3 Å². The highest BCUT2D eigenvalue weighted by Gasteiger charge is 2.52. The Morgan fingerprint density at radius 1 is 1.24 bits per heavy atom. The molecule has 0 bridgehead atoms. The number of aromatic nitrogens is 1. The highest BCUT2D eigenvalue weighted by molar-refractivity contribution is 7.25. The summed E-state index contributed by atoms with van der Waals surface area (Å²) in [6, 6.07) is 0. The molecule has 116 valence electrons. The standard InChI is InChI=1S/C14H24BN3O2S/c1-13(2)14(3,4)20-15(19-13)11-10-16-12(21-11)18-8-6-17(5)7-9-18/h10H,6-9H2,1-5H3/i5D3,6D2,7D2,8D2,9D2. The smallest absolute Gasteiger partial charge is 0.399 e. The molecule has 7 heteroatoms. The molecule has 1 aromatic heterocycles. The summed E-state index contributed by atoms with van der Waals surface area (Å²) in [6.07, 6.45) is 1.26. The van der Waals surface area contributed by atoms with Crippen LogP contribution >= 0.6 is 11.3 Å². The largest absolute Gasteiger partial charge is 0.507 e. The van der Waals surface area contributed by atoms with Crippen molar-refractivity contribution in [2.75, 3.05) is 37.9 Å². The van der Waals surface area contributed by atoms with Gasteiger partial charge < -0.3 is 19.1 Å². The maximum absolute atomic E-state index is 8.33. The van der Waals surface area contributed by atoms with Crippen molar-refractivity contribution in [3.8, 4) is 0 Å². The second-order valence-electron chi connectivity index (χ2n) is 5.75. The maximum atomic E-state index is 8.33. The van der Waals surface area contributed by atoms with Gasteiger partial charge in [0.2, 0.25) is 0 Å². The Labute approximate surface area is 146 Å². The highest BCUT2D eigenvalue weighted by atomic mass is 32.1. The van der Waals surface area contributed by atoms with Crippen LogP contribution in [0.5, 0.6) is 0 Å². The van der Waals surface area contributed by atoms with E-state index in [0.29, 0.717) is 4.78 Å². The van der Waals surface area contributed by atoms with Gasteiger partial charge in [0.1, 0.15) is 0 Å². The van der Waals surface area contributed by atoms with E-state index in [-0.39, 0.29) is 14.9 Å². The molecule has 0 aromatic carbocycles. The van der Waals surface area contributed by atoms with Crippen LogP contribution in [0.25, 0.3) is 0 Å². The molecule has 0 radical (unpaired) electrons. The Balaban J connectivity index is 2.09. The topological polar surface area (TPSA) is 37.8 Å². The molecule has 3 rings (SSSR count). The van der Waals surface area contributed by atoms with Crippen molar-refractivity contribution in [2.24, 2.45) is 0 Å². The van der Waals surface area contributed by atoms with E-state index in [9.17, 15) is 0 Å². The molecule has 0 N–H and O–H groups in total. The maximum Gasteiger partial charge on any atom is 0.507 e. The first-order valence-corrected chi connectivity index (χ1v) is 7.26. The summed E-state index contributed by atoms with van der Waals surface area (Å²) in [7, 11) is -0.903. The van der Waals surface area contributed by atoms with E-state index in [1.807, 2.05) is 27.7 Å².